The number of nitrogens with one attached hydrogen (secondary N) is 2. The van der Waals surface area contributed by atoms with Crippen LogP contribution in [-0.2, 0) is 4.79 Å². The van der Waals surface area contributed by atoms with Gasteiger partial charge in [0.15, 0.2) is 18.1 Å². The summed E-state index contributed by atoms with van der Waals surface area (Å²) < 4.78 is 10.9. The monoisotopic (exact) mass is 359 g/mol. The van der Waals surface area contributed by atoms with Crippen LogP contribution >= 0.6 is 0 Å². The first-order chi connectivity index (χ1) is 12.6. The average molecular weight is 359 g/mol. The molecule has 2 N–H and O–H groups in total. The highest BCUT2D eigenvalue weighted by Crippen LogP contribution is 2.26. The Labute approximate surface area is 151 Å². The molecule has 0 aliphatic rings. The lowest BCUT2D eigenvalue weighted by atomic mass is 10.3. The van der Waals surface area contributed by atoms with Crippen molar-refractivity contribution >= 4 is 17.3 Å². The lowest BCUT2D eigenvalue weighted by Gasteiger charge is -2.12. The number of benzene rings is 2. The molecule has 0 saturated heterocycles. The molecule has 0 aromatic heterocycles. The molecule has 2 aromatic rings. The van der Waals surface area contributed by atoms with Crippen LogP contribution in [0.4, 0.5) is 11.4 Å². The van der Waals surface area contributed by atoms with E-state index in [0.717, 1.165) is 5.69 Å². The number of nitro benzene ring substituents is 1. The third-order valence-electron chi connectivity index (χ3n) is 3.36. The minimum atomic E-state index is -0.451. The summed E-state index contributed by atoms with van der Waals surface area (Å²) in [5, 5.41) is 16.4. The highest BCUT2D eigenvalue weighted by Gasteiger charge is 2.07. The molecule has 0 aliphatic carbocycles. The number of carbonyl (C=O) groups excluding carboxylic acids is 1. The van der Waals surface area contributed by atoms with E-state index in [-0.39, 0.29) is 18.2 Å². The van der Waals surface area contributed by atoms with Gasteiger partial charge in [0, 0.05) is 30.9 Å². The third kappa shape index (κ3) is 5.97. The fraction of sp³-hybridized carbons (Fsp3) is 0.278. The number of hydrogen-bond acceptors (Lipinski definition) is 6. The standard InChI is InChI=1S/C18H21N3O5/c1-2-25-16-5-3-4-6-17(16)26-13-18(22)20-12-11-19-14-7-9-15(10-8-14)21(23)24/h3-10,19H,2,11-13H2,1H3,(H,20,22). The number of amides is 1. The van der Waals surface area contributed by atoms with E-state index >= 15 is 0 Å². The Bertz CT molecular complexity index is 734. The summed E-state index contributed by atoms with van der Waals surface area (Å²) in [6.07, 6.45) is 0. The van der Waals surface area contributed by atoms with Crippen molar-refractivity contribution in [1.29, 1.82) is 0 Å². The zero-order valence-electron chi connectivity index (χ0n) is 14.4. The summed E-state index contributed by atoms with van der Waals surface area (Å²) in [6.45, 7) is 3.16. The fourth-order valence-corrected chi connectivity index (χ4v) is 2.15. The molecule has 138 valence electrons. The van der Waals surface area contributed by atoms with E-state index in [2.05, 4.69) is 10.6 Å². The van der Waals surface area contributed by atoms with Crippen molar-refractivity contribution in [3.05, 3.63) is 58.6 Å². The highest BCUT2D eigenvalue weighted by molar-refractivity contribution is 5.77. The lowest BCUT2D eigenvalue weighted by Crippen LogP contribution is -2.32. The van der Waals surface area contributed by atoms with E-state index < -0.39 is 4.92 Å². The van der Waals surface area contributed by atoms with Crippen molar-refractivity contribution in [2.24, 2.45) is 0 Å². The maximum Gasteiger partial charge on any atom is 0.269 e. The van der Waals surface area contributed by atoms with Gasteiger partial charge in [-0.3, -0.25) is 14.9 Å². The minimum Gasteiger partial charge on any atom is -0.490 e. The van der Waals surface area contributed by atoms with E-state index in [9.17, 15) is 14.9 Å². The number of ether oxygens (including phenoxy) is 2. The smallest absolute Gasteiger partial charge is 0.269 e. The van der Waals surface area contributed by atoms with Gasteiger partial charge in [0.1, 0.15) is 0 Å². The Morgan fingerprint density at radius 1 is 1.04 bits per heavy atom. The van der Waals surface area contributed by atoms with Crippen molar-refractivity contribution in [3.8, 4) is 11.5 Å². The number of anilines is 1. The van der Waals surface area contributed by atoms with Gasteiger partial charge >= 0.3 is 0 Å². The SMILES string of the molecule is CCOc1ccccc1OCC(=O)NCCNc1ccc([N+](=O)[O-])cc1. The Morgan fingerprint density at radius 3 is 2.31 bits per heavy atom. The second-order valence-corrected chi connectivity index (χ2v) is 5.25. The molecular formula is C18H21N3O5. The predicted molar refractivity (Wildman–Crippen MR) is 97.7 cm³/mol. The van der Waals surface area contributed by atoms with Crippen molar-refractivity contribution < 1.29 is 19.2 Å². The van der Waals surface area contributed by atoms with Crippen LogP contribution in [0.25, 0.3) is 0 Å². The Hall–Kier alpha value is -3.29. The van der Waals surface area contributed by atoms with Crippen LogP contribution in [0.15, 0.2) is 48.5 Å². The van der Waals surface area contributed by atoms with Crippen molar-refractivity contribution in [3.63, 3.8) is 0 Å². The second-order valence-electron chi connectivity index (χ2n) is 5.25. The van der Waals surface area contributed by atoms with Crippen LogP contribution in [0.1, 0.15) is 6.92 Å². The molecule has 0 radical (unpaired) electrons. The molecule has 8 heteroatoms. The van der Waals surface area contributed by atoms with Gasteiger partial charge in [-0.15, -0.1) is 0 Å². The first-order valence-electron chi connectivity index (χ1n) is 8.19. The van der Waals surface area contributed by atoms with Crippen LogP contribution in [-0.4, -0.2) is 37.1 Å². The number of non-ortho nitro benzene ring substituents is 1. The van der Waals surface area contributed by atoms with E-state index in [0.29, 0.717) is 31.2 Å². The fourth-order valence-electron chi connectivity index (χ4n) is 2.15. The molecular weight excluding hydrogens is 338 g/mol. The second kappa shape index (κ2) is 9.87. The van der Waals surface area contributed by atoms with Gasteiger partial charge in [0.2, 0.25) is 0 Å². The lowest BCUT2D eigenvalue weighted by molar-refractivity contribution is -0.384. The summed E-state index contributed by atoms with van der Waals surface area (Å²) in [5.74, 6) is 0.873. The normalized spacial score (nSPS) is 10.0. The number of nitro groups is 1. The Balaban J connectivity index is 1.68. The summed E-state index contributed by atoms with van der Waals surface area (Å²) in [4.78, 5) is 22.0. The third-order valence-corrected chi connectivity index (χ3v) is 3.36. The summed E-state index contributed by atoms with van der Waals surface area (Å²) in [7, 11) is 0. The number of nitrogens with zero attached hydrogens (tertiary/aromatic N) is 1. The number of rotatable bonds is 10. The maximum absolute atomic E-state index is 11.8. The van der Waals surface area contributed by atoms with Crippen molar-refractivity contribution in [2.45, 2.75) is 6.92 Å². The van der Waals surface area contributed by atoms with E-state index in [1.807, 2.05) is 19.1 Å². The van der Waals surface area contributed by atoms with Gasteiger partial charge in [0.25, 0.3) is 11.6 Å². The average Bonchev–Trinajstić information content (AvgIpc) is 2.65. The number of hydrogen-bond donors (Lipinski definition) is 2. The summed E-state index contributed by atoms with van der Waals surface area (Å²) in [5.41, 5.74) is 0.778. The molecule has 26 heavy (non-hydrogen) atoms. The van der Waals surface area contributed by atoms with Crippen LogP contribution in [0, 0.1) is 10.1 Å². The minimum absolute atomic E-state index is 0.0355. The van der Waals surface area contributed by atoms with Crippen LogP contribution in [0.5, 0.6) is 11.5 Å². The molecule has 0 bridgehead atoms. The molecule has 0 unspecified atom stereocenters. The number of para-hydroxylation sites is 2. The Morgan fingerprint density at radius 2 is 1.69 bits per heavy atom. The van der Waals surface area contributed by atoms with Crippen molar-refractivity contribution in [2.75, 3.05) is 31.6 Å². The van der Waals surface area contributed by atoms with E-state index in [4.69, 9.17) is 9.47 Å². The largest absolute Gasteiger partial charge is 0.490 e. The topological polar surface area (TPSA) is 103 Å². The number of carbonyl (C=O) groups is 1. The van der Waals surface area contributed by atoms with E-state index in [1.165, 1.54) is 12.1 Å². The molecule has 0 heterocycles. The molecule has 2 rings (SSSR count). The van der Waals surface area contributed by atoms with Gasteiger partial charge in [-0.25, -0.2) is 0 Å². The summed E-state index contributed by atoms with van der Waals surface area (Å²) >= 11 is 0. The molecule has 0 spiro atoms. The molecule has 2 aromatic carbocycles. The predicted octanol–water partition coefficient (Wildman–Crippen LogP) is 2.60. The van der Waals surface area contributed by atoms with Gasteiger partial charge in [0.05, 0.1) is 11.5 Å². The highest BCUT2D eigenvalue weighted by atomic mass is 16.6. The van der Waals surface area contributed by atoms with E-state index in [1.54, 1.807) is 24.3 Å². The Kier molecular flexibility index (Phi) is 7.23. The van der Waals surface area contributed by atoms with Gasteiger partial charge in [-0.2, -0.15) is 0 Å². The van der Waals surface area contributed by atoms with Crippen LogP contribution in [0.3, 0.4) is 0 Å². The van der Waals surface area contributed by atoms with Gasteiger partial charge in [-0.1, -0.05) is 12.1 Å². The molecule has 0 aliphatic heterocycles. The molecule has 0 atom stereocenters. The van der Waals surface area contributed by atoms with Gasteiger partial charge in [-0.05, 0) is 31.2 Å². The van der Waals surface area contributed by atoms with Crippen LogP contribution < -0.4 is 20.1 Å². The zero-order chi connectivity index (χ0) is 18.8. The molecule has 0 fully saturated rings. The quantitative estimate of drug-likeness (QED) is 0.384. The zero-order valence-corrected chi connectivity index (χ0v) is 14.4. The first-order valence-corrected chi connectivity index (χ1v) is 8.19. The first kappa shape index (κ1) is 19.0. The van der Waals surface area contributed by atoms with Crippen LogP contribution in [0.2, 0.25) is 0 Å². The molecule has 1 amide bonds. The van der Waals surface area contributed by atoms with Crippen molar-refractivity contribution in [1.82, 2.24) is 5.32 Å². The molecule has 0 saturated carbocycles. The summed E-state index contributed by atoms with van der Waals surface area (Å²) in [6, 6.07) is 13.3. The maximum atomic E-state index is 11.8. The molecule has 8 nitrogen and oxygen atoms in total. The van der Waals surface area contributed by atoms with Gasteiger partial charge < -0.3 is 20.1 Å².